The van der Waals surface area contributed by atoms with Crippen LogP contribution in [0.5, 0.6) is 0 Å². The van der Waals surface area contributed by atoms with Crippen LogP contribution in [0.15, 0.2) is 23.9 Å². The highest BCUT2D eigenvalue weighted by Crippen LogP contribution is 2.23. The molecule has 1 heterocycles. The SMILES string of the molecule is [2H]N1C2=CC=CC([2H])(F)C2([2H])C([2H])([2H])N1[2H]. The molecule has 0 spiro atoms. The van der Waals surface area contributed by atoms with Crippen LogP contribution in [0.1, 0.15) is 5.48 Å². The van der Waals surface area contributed by atoms with Crippen LogP contribution in [0.25, 0.3) is 0 Å². The third kappa shape index (κ3) is 0.743. The molecule has 2 atom stereocenters. The third-order valence-corrected chi connectivity index (χ3v) is 1.31. The van der Waals surface area contributed by atoms with E-state index in [4.69, 9.17) is 8.31 Å². The number of halogens is 1. The number of alkyl halides is 1. The molecular weight excluding hydrogens is 131 g/mol. The second-order valence-electron chi connectivity index (χ2n) is 1.95. The summed E-state index contributed by atoms with van der Waals surface area (Å²) in [5.74, 6) is -2.64. The predicted molar refractivity (Wildman–Crippen MR) is 36.7 cm³/mol. The van der Waals surface area contributed by atoms with E-state index in [1.165, 1.54) is 6.08 Å². The van der Waals surface area contributed by atoms with Crippen LogP contribution in [-0.4, -0.2) is 12.6 Å². The van der Waals surface area contributed by atoms with Crippen LogP contribution in [0.4, 0.5) is 4.39 Å². The lowest BCUT2D eigenvalue weighted by Crippen LogP contribution is -2.20. The molecule has 2 rings (SSSR count). The van der Waals surface area contributed by atoms with E-state index < -0.39 is 18.5 Å². The van der Waals surface area contributed by atoms with Crippen molar-refractivity contribution in [2.45, 2.75) is 6.15 Å². The molecule has 0 aromatic carbocycles. The molecule has 10 heavy (non-hydrogen) atoms. The average Bonchev–Trinajstić information content (AvgIpc) is 2.30. The van der Waals surface area contributed by atoms with E-state index in [1.807, 2.05) is 0 Å². The van der Waals surface area contributed by atoms with Gasteiger partial charge in [-0.25, -0.2) is 9.81 Å². The molecule has 54 valence electrons. The van der Waals surface area contributed by atoms with Gasteiger partial charge in [-0.3, -0.25) is 0 Å². The van der Waals surface area contributed by atoms with Crippen molar-refractivity contribution in [1.82, 2.24) is 10.8 Å². The lowest BCUT2D eigenvalue weighted by molar-refractivity contribution is 0.321. The Morgan fingerprint density at radius 1 is 2.00 bits per heavy atom. The smallest absolute Gasteiger partial charge is 0.181 e. The van der Waals surface area contributed by atoms with Gasteiger partial charge in [0.15, 0.2) is 1.41 Å². The molecule has 1 fully saturated rings. The molecule has 2 nitrogen and oxygen atoms in total. The Balaban J connectivity index is 2.66. The van der Waals surface area contributed by atoms with Crippen molar-refractivity contribution in [3.63, 3.8) is 0 Å². The standard InChI is InChI=1S/C7H9FN2/c8-6-2-1-3-7-5(6)4-9-10-7/h1-3,5-6,9-10H,4H2/i4D2,5D,6D/hD2. The van der Waals surface area contributed by atoms with E-state index in [0.29, 0.717) is 5.42 Å². The van der Waals surface area contributed by atoms with Gasteiger partial charge in [-0.15, -0.1) is 0 Å². The van der Waals surface area contributed by atoms with Crippen LogP contribution in [0.3, 0.4) is 0 Å². The number of hydrogen-bond donors (Lipinski definition) is 2. The first-order valence-corrected chi connectivity index (χ1v) is 2.83. The van der Waals surface area contributed by atoms with E-state index >= 15 is 0 Å². The van der Waals surface area contributed by atoms with E-state index in [0.717, 1.165) is 12.2 Å². The summed E-state index contributed by atoms with van der Waals surface area (Å²) in [5.41, 5.74) is -0.0198. The molecule has 0 radical (unpaired) electrons. The van der Waals surface area contributed by atoms with Gasteiger partial charge < -0.3 is 5.42 Å². The van der Waals surface area contributed by atoms with Gasteiger partial charge in [-0.05, 0) is 12.2 Å². The third-order valence-electron chi connectivity index (χ3n) is 1.31. The van der Waals surface area contributed by atoms with Crippen molar-refractivity contribution in [2.24, 2.45) is 5.89 Å². The number of allylic oxidation sites excluding steroid dienone is 3. The molecule has 0 bridgehead atoms. The van der Waals surface area contributed by atoms with Crippen molar-refractivity contribution < 1.29 is 12.7 Å². The maximum Gasteiger partial charge on any atom is 0.181 e. The topological polar surface area (TPSA) is 24.1 Å². The van der Waals surface area contributed by atoms with Gasteiger partial charge in [0.1, 0.15) is 7.56 Å². The highest BCUT2D eigenvalue weighted by Gasteiger charge is 2.28. The van der Waals surface area contributed by atoms with Crippen molar-refractivity contribution >= 4 is 0 Å². The molecule has 1 aliphatic carbocycles. The first-order chi connectivity index (χ1) is 7.16. The molecular formula is C7H9FN2. The Labute approximate surface area is 67.3 Å². The molecule has 2 N–H and O–H groups in total. The summed E-state index contributed by atoms with van der Waals surface area (Å²) >= 11 is 0. The highest BCUT2D eigenvalue weighted by molar-refractivity contribution is 5.25. The summed E-state index contributed by atoms with van der Waals surface area (Å²) in [6, 6.07) is 0. The highest BCUT2D eigenvalue weighted by atomic mass is 19.1. The first-order valence-electron chi connectivity index (χ1n) is 5.72. The number of hydrazine groups is 1. The maximum atomic E-state index is 13.9. The summed E-state index contributed by atoms with van der Waals surface area (Å²) in [6.07, 6.45) is 0.0364. The molecule has 0 amide bonds. The Bertz CT molecular complexity index is 394. The molecule has 0 aromatic rings. The van der Waals surface area contributed by atoms with E-state index in [9.17, 15) is 4.39 Å². The lowest BCUT2D eigenvalue weighted by Gasteiger charge is -2.14. The van der Waals surface area contributed by atoms with Gasteiger partial charge in [0.2, 0.25) is 0 Å². The summed E-state index contributed by atoms with van der Waals surface area (Å²) in [7, 11) is 0. The first kappa shape index (κ1) is 2.34. The molecule has 1 saturated heterocycles. The summed E-state index contributed by atoms with van der Waals surface area (Å²) in [6.45, 7) is -2.79. The van der Waals surface area contributed by atoms with Crippen molar-refractivity contribution in [3.05, 3.63) is 23.9 Å². The molecule has 1 aliphatic heterocycles. The monoisotopic (exact) mass is 146 g/mol. The Morgan fingerprint density at radius 2 is 2.90 bits per heavy atom. The van der Waals surface area contributed by atoms with Crippen molar-refractivity contribution in [2.75, 3.05) is 6.50 Å². The second-order valence-corrected chi connectivity index (χ2v) is 1.95. The van der Waals surface area contributed by atoms with Gasteiger partial charge in [0, 0.05) is 22.2 Å². The predicted octanol–water partition coefficient (Wildman–Crippen LogP) is 0.502. The van der Waals surface area contributed by atoms with E-state index in [-0.39, 0.29) is 11.1 Å². The Hall–Kier alpha value is -0.830. The van der Waals surface area contributed by atoms with Gasteiger partial charge in [0.05, 0.1) is 1.37 Å². The minimum Gasteiger partial charge on any atom is -0.325 e. The number of rotatable bonds is 0. The van der Waals surface area contributed by atoms with E-state index in [2.05, 4.69) is 0 Å². The fourth-order valence-electron chi connectivity index (χ4n) is 0.836. The number of nitrogens with one attached hydrogen (secondary N) is 2. The molecule has 2 aliphatic rings. The zero-order valence-electron chi connectivity index (χ0n) is 11.0. The van der Waals surface area contributed by atoms with Crippen LogP contribution in [0, 0.1) is 5.89 Å². The molecule has 0 aromatic heterocycles. The van der Waals surface area contributed by atoms with Gasteiger partial charge in [0.25, 0.3) is 0 Å². The fourth-order valence-corrected chi connectivity index (χ4v) is 0.836. The van der Waals surface area contributed by atoms with Crippen molar-refractivity contribution in [3.8, 4) is 0 Å². The Kier molecular flexibility index (Phi) is 0.490. The number of fused-ring (bicyclic) bond motifs is 1. The summed E-state index contributed by atoms with van der Waals surface area (Å²) in [4.78, 5) is 0. The van der Waals surface area contributed by atoms with Crippen LogP contribution >= 0.6 is 0 Å². The minimum absolute atomic E-state index is 0.0572. The van der Waals surface area contributed by atoms with Crippen LogP contribution < -0.4 is 10.8 Å². The quantitative estimate of drug-likeness (QED) is 0.520. The largest absolute Gasteiger partial charge is 0.325 e. The fraction of sp³-hybridized carbons (Fsp3) is 0.429. The molecule has 3 heteroatoms. The second kappa shape index (κ2) is 2.09. The lowest BCUT2D eigenvalue weighted by atomic mass is 9.97. The zero-order valence-corrected chi connectivity index (χ0v) is 5.00. The zero-order chi connectivity index (χ0) is 12.4. The summed E-state index contributed by atoms with van der Waals surface area (Å²) < 4.78 is 58.8. The normalized spacial score (nSPS) is 68.1. The van der Waals surface area contributed by atoms with E-state index in [1.54, 1.807) is 0 Å². The van der Waals surface area contributed by atoms with Crippen LogP contribution in [0.2, 0.25) is 2.82 Å². The van der Waals surface area contributed by atoms with Gasteiger partial charge in [-0.2, -0.15) is 0 Å². The number of hydrogen-bond acceptors (Lipinski definition) is 2. The van der Waals surface area contributed by atoms with Crippen molar-refractivity contribution in [1.29, 1.82) is 0 Å². The van der Waals surface area contributed by atoms with Gasteiger partial charge >= 0.3 is 0 Å². The van der Waals surface area contributed by atoms with Crippen LogP contribution in [-0.2, 0) is 0 Å². The summed E-state index contributed by atoms with van der Waals surface area (Å²) in [5, 5.41) is 0. The Morgan fingerprint density at radius 3 is 3.70 bits per heavy atom. The minimum atomic E-state index is -3.02. The average molecular weight is 146 g/mol. The maximum absolute atomic E-state index is 13.9. The molecule has 2 unspecified atom stereocenters. The molecule has 0 saturated carbocycles. The van der Waals surface area contributed by atoms with Gasteiger partial charge in [-0.1, -0.05) is 6.08 Å².